The van der Waals surface area contributed by atoms with Crippen LogP contribution in [0, 0.1) is 35.5 Å². The van der Waals surface area contributed by atoms with Gasteiger partial charge in [-0.3, -0.25) is 38.2 Å². The predicted octanol–water partition coefficient (Wildman–Crippen LogP) is -2.24. The van der Waals surface area contributed by atoms with Crippen molar-refractivity contribution >= 4 is 35.8 Å². The van der Waals surface area contributed by atoms with Crippen molar-refractivity contribution in [3.63, 3.8) is 0 Å². The van der Waals surface area contributed by atoms with Crippen LogP contribution in [-0.2, 0) is 71.4 Å². The maximum Gasteiger partial charge on any atom is 0.412 e. The van der Waals surface area contributed by atoms with Crippen molar-refractivity contribution in [3.05, 3.63) is 0 Å². The summed E-state index contributed by atoms with van der Waals surface area (Å²) >= 11 is 0. The highest BCUT2D eigenvalue weighted by Gasteiger charge is 2.96. The molecule has 0 aliphatic carbocycles. The molecule has 0 spiro atoms. The molecule has 2 unspecified atom stereocenters. The molecule has 0 aromatic carbocycles. The number of carbonyl (C=O) groups excluding carboxylic acids is 6. The molecule has 23 heteroatoms. The Morgan fingerprint density at radius 2 is 0.932 bits per heavy atom. The van der Waals surface area contributed by atoms with Crippen molar-refractivity contribution in [1.82, 2.24) is 0 Å². The lowest BCUT2D eigenvalue weighted by atomic mass is 9.81. The Labute approximate surface area is 339 Å². The standard InChI is InChI=1S/C36H58O23/c1-15(2)24(41)51-30(47)32(53-25(42)16(3)4)33(48,54-26(43)17(5)6)34(49,55-27(44)18(7)8)35(50,56-28(45)19(9)10)36(59-32,57-29(46)20(11)12)58-31(14-38)23(40)22(39)21(13-37)52-31/h15-23,30,37-40,47-50H,13-14H2,1-12H3/t21-,22-,23+,30?,31?,32-,33+,34-,35+,36+/m1/s1. The SMILES string of the molecule is CC(C)C(=O)OC(O)[C@@]1(OC(=O)C(C)C)O[C@@](OC(=O)C(C)C)(OC2(CO)O[C@H](CO)[C@@H](O)[C@@H]2O)[C@@](O)(OC(=O)C(C)C)[C@](O)(OC(=O)C(C)C)[C@@]1(O)OC(=O)C(C)C. The topological polar surface area (TPSA) is 347 Å². The minimum absolute atomic E-state index is 1.11. The van der Waals surface area contributed by atoms with Crippen LogP contribution in [0.15, 0.2) is 0 Å². The third kappa shape index (κ3) is 9.20. The Morgan fingerprint density at radius 3 is 1.31 bits per heavy atom. The van der Waals surface area contributed by atoms with Crippen LogP contribution in [0.4, 0.5) is 0 Å². The van der Waals surface area contributed by atoms with E-state index in [1.165, 1.54) is 13.8 Å². The van der Waals surface area contributed by atoms with E-state index in [-0.39, 0.29) is 0 Å². The van der Waals surface area contributed by atoms with Gasteiger partial charge in [-0.25, -0.2) is 0 Å². The quantitative estimate of drug-likeness (QED) is 0.0436. The van der Waals surface area contributed by atoms with Gasteiger partial charge >= 0.3 is 64.9 Å². The van der Waals surface area contributed by atoms with Crippen LogP contribution in [0.3, 0.4) is 0 Å². The van der Waals surface area contributed by atoms with Crippen LogP contribution in [0.1, 0.15) is 83.1 Å². The summed E-state index contributed by atoms with van der Waals surface area (Å²) in [6, 6.07) is 0. The zero-order chi connectivity index (χ0) is 46.0. The summed E-state index contributed by atoms with van der Waals surface area (Å²) in [5, 5.41) is 93.8. The largest absolute Gasteiger partial charge is 0.428 e. The molecule has 0 amide bonds. The Bertz CT molecular complexity index is 1540. The molecule has 10 atom stereocenters. The van der Waals surface area contributed by atoms with Gasteiger partial charge in [-0.15, -0.1) is 0 Å². The Balaban J connectivity index is 3.61. The van der Waals surface area contributed by atoms with Gasteiger partial charge in [0.05, 0.1) is 42.1 Å². The maximum absolute atomic E-state index is 13.8. The summed E-state index contributed by atoms with van der Waals surface area (Å²) in [4.78, 5) is 81.7. The highest BCUT2D eigenvalue weighted by atomic mass is 17.0. The summed E-state index contributed by atoms with van der Waals surface area (Å²) in [6.45, 7) is 10.8. The fourth-order valence-electron chi connectivity index (χ4n) is 5.09. The molecule has 2 rings (SSSR count). The van der Waals surface area contributed by atoms with Gasteiger partial charge < -0.3 is 74.0 Å². The maximum atomic E-state index is 13.8. The zero-order valence-electron chi connectivity index (χ0n) is 34.9. The first-order valence-corrected chi connectivity index (χ1v) is 18.7. The minimum atomic E-state index is -4.95. The second-order valence-corrected chi connectivity index (χ2v) is 15.9. The fourth-order valence-corrected chi connectivity index (χ4v) is 5.09. The molecule has 0 aromatic rings. The van der Waals surface area contributed by atoms with Crippen molar-refractivity contribution in [1.29, 1.82) is 0 Å². The number of hydrogen-bond donors (Lipinski definition) is 8. The molecule has 2 aliphatic rings. The predicted molar refractivity (Wildman–Crippen MR) is 188 cm³/mol. The first-order valence-electron chi connectivity index (χ1n) is 18.7. The first kappa shape index (κ1) is 51.5. The normalized spacial score (nSPS) is 34.0. The van der Waals surface area contributed by atoms with Gasteiger partial charge in [-0.2, -0.15) is 0 Å². The van der Waals surface area contributed by atoms with E-state index in [0.717, 1.165) is 69.2 Å². The van der Waals surface area contributed by atoms with Crippen LogP contribution in [0.25, 0.3) is 0 Å². The van der Waals surface area contributed by atoms with E-state index in [1.54, 1.807) is 0 Å². The molecule has 8 N–H and O–H groups in total. The zero-order valence-corrected chi connectivity index (χ0v) is 34.9. The molecular formula is C36H58O23. The average molecular weight is 859 g/mol. The van der Waals surface area contributed by atoms with Gasteiger partial charge in [0, 0.05) is 0 Å². The van der Waals surface area contributed by atoms with Crippen molar-refractivity contribution in [2.75, 3.05) is 13.2 Å². The van der Waals surface area contributed by atoms with E-state index in [4.69, 9.17) is 42.6 Å². The van der Waals surface area contributed by atoms with E-state index < -0.39 is 144 Å². The van der Waals surface area contributed by atoms with Crippen molar-refractivity contribution < 1.29 is 112 Å². The van der Waals surface area contributed by atoms with Crippen LogP contribution >= 0.6 is 0 Å². The lowest BCUT2D eigenvalue weighted by molar-refractivity contribution is -0.658. The number of aliphatic hydroxyl groups is 8. The van der Waals surface area contributed by atoms with Crippen molar-refractivity contribution in [3.8, 4) is 0 Å². The van der Waals surface area contributed by atoms with Gasteiger partial charge in [0.15, 0.2) is 0 Å². The molecule has 0 aromatic heterocycles. The number of esters is 6. The molecule has 0 radical (unpaired) electrons. The summed E-state index contributed by atoms with van der Waals surface area (Å²) in [6.07, 6.45) is -10.3. The van der Waals surface area contributed by atoms with Crippen LogP contribution in [0.5, 0.6) is 0 Å². The summed E-state index contributed by atoms with van der Waals surface area (Å²) in [5.41, 5.74) is 0. The molecule has 2 aliphatic heterocycles. The van der Waals surface area contributed by atoms with E-state index in [0.29, 0.717) is 0 Å². The number of aliphatic hydroxyl groups excluding tert-OH is 5. The monoisotopic (exact) mass is 858 g/mol. The molecular weight excluding hydrogens is 800 g/mol. The molecule has 2 fully saturated rings. The van der Waals surface area contributed by atoms with Crippen LogP contribution < -0.4 is 0 Å². The second kappa shape index (κ2) is 18.6. The second-order valence-electron chi connectivity index (χ2n) is 15.9. The van der Waals surface area contributed by atoms with E-state index >= 15 is 0 Å². The van der Waals surface area contributed by atoms with E-state index in [9.17, 15) is 69.6 Å². The molecule has 340 valence electrons. The number of hydrogen-bond acceptors (Lipinski definition) is 23. The van der Waals surface area contributed by atoms with Crippen LogP contribution in [-0.4, -0.2) is 149 Å². The fraction of sp³-hybridized carbons (Fsp3) is 0.833. The highest BCUT2D eigenvalue weighted by Crippen LogP contribution is 2.60. The van der Waals surface area contributed by atoms with E-state index in [2.05, 4.69) is 0 Å². The van der Waals surface area contributed by atoms with Gasteiger partial charge in [-0.1, -0.05) is 83.1 Å². The molecule has 59 heavy (non-hydrogen) atoms. The molecule has 0 saturated carbocycles. The Kier molecular flexibility index (Phi) is 16.2. The smallest absolute Gasteiger partial charge is 0.412 e. The lowest BCUT2D eigenvalue weighted by Crippen LogP contribution is -2.93. The van der Waals surface area contributed by atoms with Crippen LogP contribution in [0.2, 0.25) is 0 Å². The number of carbonyl (C=O) groups is 6. The number of rotatable bonds is 17. The molecule has 2 heterocycles. The average Bonchev–Trinajstić information content (AvgIpc) is 3.37. The third-order valence-electron chi connectivity index (χ3n) is 8.92. The Hall–Kier alpha value is -3.62. The summed E-state index contributed by atoms with van der Waals surface area (Å²) in [7, 11) is 0. The van der Waals surface area contributed by atoms with Crippen molar-refractivity contribution in [2.24, 2.45) is 35.5 Å². The third-order valence-corrected chi connectivity index (χ3v) is 8.92. The first-order chi connectivity index (χ1) is 26.8. The van der Waals surface area contributed by atoms with Gasteiger partial charge in [0.25, 0.3) is 6.29 Å². The molecule has 2 saturated heterocycles. The van der Waals surface area contributed by atoms with E-state index in [1.807, 2.05) is 0 Å². The van der Waals surface area contributed by atoms with Gasteiger partial charge in [0.2, 0.25) is 5.79 Å². The molecule has 0 bridgehead atoms. The van der Waals surface area contributed by atoms with Crippen molar-refractivity contribution in [2.45, 2.75) is 143 Å². The lowest BCUT2D eigenvalue weighted by Gasteiger charge is -2.62. The Morgan fingerprint density at radius 1 is 0.559 bits per heavy atom. The number of ether oxygens (including phenoxy) is 9. The van der Waals surface area contributed by atoms with Gasteiger partial charge in [-0.05, 0) is 0 Å². The minimum Gasteiger partial charge on any atom is -0.428 e. The van der Waals surface area contributed by atoms with Gasteiger partial charge in [0.1, 0.15) is 24.9 Å². The highest BCUT2D eigenvalue weighted by molar-refractivity contribution is 5.77. The molecule has 23 nitrogen and oxygen atoms in total. The summed E-state index contributed by atoms with van der Waals surface area (Å²) in [5.74, 6) is -45.4. The summed E-state index contributed by atoms with van der Waals surface area (Å²) < 4.78 is 48.8.